The summed E-state index contributed by atoms with van der Waals surface area (Å²) in [5.74, 6) is -3.70. The van der Waals surface area contributed by atoms with Gasteiger partial charge in [-0.15, -0.1) is 0 Å². The van der Waals surface area contributed by atoms with Crippen molar-refractivity contribution in [1.29, 1.82) is 0 Å². The molecule has 0 spiro atoms. The Bertz CT molecular complexity index is 1190. The smallest absolute Gasteiger partial charge is 0.268 e. The molecule has 0 saturated carbocycles. The number of aromatic nitrogens is 1. The van der Waals surface area contributed by atoms with E-state index in [1.165, 1.54) is 6.07 Å². The van der Waals surface area contributed by atoms with Crippen LogP contribution in [0.4, 0.5) is 33.5 Å². The molecule has 0 amide bonds. The summed E-state index contributed by atoms with van der Waals surface area (Å²) in [6, 6.07) is 3.49. The fourth-order valence-electron chi connectivity index (χ4n) is 5.08. The predicted octanol–water partition coefficient (Wildman–Crippen LogP) is 4.80. The van der Waals surface area contributed by atoms with Crippen molar-refractivity contribution < 1.29 is 30.4 Å². The molecule has 0 radical (unpaired) electrons. The van der Waals surface area contributed by atoms with Gasteiger partial charge in [-0.3, -0.25) is 9.62 Å². The zero-order valence-electron chi connectivity index (χ0n) is 19.2. The van der Waals surface area contributed by atoms with Gasteiger partial charge in [-0.2, -0.15) is 4.39 Å². The van der Waals surface area contributed by atoms with E-state index in [-0.39, 0.29) is 11.6 Å². The van der Waals surface area contributed by atoms with E-state index in [1.54, 1.807) is 4.90 Å². The molecule has 1 aromatic heterocycles. The quantitative estimate of drug-likeness (QED) is 0.290. The van der Waals surface area contributed by atoms with Crippen LogP contribution in [-0.4, -0.2) is 63.9 Å². The van der Waals surface area contributed by atoms with Gasteiger partial charge in [0.1, 0.15) is 30.0 Å². The molecule has 0 aliphatic carbocycles. The van der Waals surface area contributed by atoms with Crippen LogP contribution in [0.1, 0.15) is 19.3 Å². The Morgan fingerprint density at radius 1 is 1.06 bits per heavy atom. The number of piperidine rings is 1. The highest BCUT2D eigenvalue weighted by molar-refractivity contribution is 7.92. The molecule has 2 aromatic rings. The number of sulfonamides is 1. The van der Waals surface area contributed by atoms with Crippen LogP contribution in [0.2, 0.25) is 5.02 Å². The zero-order chi connectivity index (χ0) is 26.0. The van der Waals surface area contributed by atoms with E-state index >= 15 is 4.39 Å². The average molecular weight is 553 g/mol. The molecule has 0 bridgehead atoms. The summed E-state index contributed by atoms with van der Waals surface area (Å²) in [6.07, 6.45) is 2.28. The third kappa shape index (κ3) is 5.55. The van der Waals surface area contributed by atoms with Crippen molar-refractivity contribution in [1.82, 2.24) is 9.88 Å². The van der Waals surface area contributed by atoms with Crippen LogP contribution < -0.4 is 9.62 Å². The number of pyridine rings is 1. The predicted molar refractivity (Wildman–Crippen MR) is 127 cm³/mol. The van der Waals surface area contributed by atoms with Gasteiger partial charge in [0.15, 0.2) is 10.7 Å². The lowest BCUT2D eigenvalue weighted by atomic mass is 9.83. The standard InChI is InChI=1S/C23H26ClF5N4O2S/c24-21-18(33-9-6-15(13-33)14-4-7-32(8-5-14)16(11-25)12-26)10-17(27)23(22(21)29)36(34,35)31-20-3-1-2-19(28)30-20/h1-3,10,14-16H,4-9,11-13H2,(H,30,31)/t15-/m0/s1. The number of hydrogen-bond acceptors (Lipinski definition) is 5. The van der Waals surface area contributed by atoms with E-state index in [0.717, 1.165) is 37.5 Å². The SMILES string of the molecule is O=S(=O)(Nc1cccc(F)n1)c1c(F)cc(N2CC[C@H](C3CCN(C(CF)CF)CC3)C2)c(Cl)c1F. The summed E-state index contributed by atoms with van der Waals surface area (Å²) in [6.45, 7) is 0.657. The number of likely N-dealkylation sites (tertiary alicyclic amines) is 1. The molecule has 36 heavy (non-hydrogen) atoms. The van der Waals surface area contributed by atoms with Gasteiger partial charge in [0.05, 0.1) is 11.7 Å². The second kappa shape index (κ2) is 11.1. The number of nitrogens with zero attached hydrogens (tertiary/aromatic N) is 3. The molecule has 3 heterocycles. The largest absolute Gasteiger partial charge is 0.370 e. The van der Waals surface area contributed by atoms with E-state index in [2.05, 4.69) is 4.98 Å². The maximum Gasteiger partial charge on any atom is 0.268 e. The first-order chi connectivity index (χ1) is 17.1. The summed E-state index contributed by atoms with van der Waals surface area (Å²) in [5, 5.41) is -0.534. The molecule has 2 aliphatic heterocycles. The van der Waals surface area contributed by atoms with Crippen molar-refractivity contribution in [3.05, 3.63) is 46.9 Å². The van der Waals surface area contributed by atoms with Crippen molar-refractivity contribution in [3.63, 3.8) is 0 Å². The lowest BCUT2D eigenvalue weighted by Gasteiger charge is -2.37. The summed E-state index contributed by atoms with van der Waals surface area (Å²) in [4.78, 5) is 5.60. The molecule has 198 valence electrons. The number of benzene rings is 1. The van der Waals surface area contributed by atoms with Crippen molar-refractivity contribution in [2.45, 2.75) is 30.2 Å². The number of anilines is 2. The maximum atomic E-state index is 15.1. The molecule has 2 aliphatic rings. The van der Waals surface area contributed by atoms with Crippen LogP contribution in [0, 0.1) is 29.4 Å². The van der Waals surface area contributed by atoms with Crippen molar-refractivity contribution >= 4 is 33.1 Å². The first-order valence-electron chi connectivity index (χ1n) is 11.6. The molecule has 1 aromatic carbocycles. The van der Waals surface area contributed by atoms with E-state index in [9.17, 15) is 26.0 Å². The van der Waals surface area contributed by atoms with Crippen molar-refractivity contribution in [2.24, 2.45) is 11.8 Å². The Kier molecular flexibility index (Phi) is 8.25. The highest BCUT2D eigenvalue weighted by Crippen LogP contribution is 2.40. The van der Waals surface area contributed by atoms with E-state index in [0.29, 0.717) is 32.1 Å². The summed E-state index contributed by atoms with van der Waals surface area (Å²) < 4.78 is 96.5. The zero-order valence-corrected chi connectivity index (χ0v) is 20.8. The normalized spacial score (nSPS) is 19.9. The molecule has 6 nitrogen and oxygen atoms in total. The molecule has 1 atom stereocenters. The number of nitrogens with one attached hydrogen (secondary N) is 1. The summed E-state index contributed by atoms with van der Waals surface area (Å²) in [7, 11) is -4.79. The highest BCUT2D eigenvalue weighted by Gasteiger charge is 2.36. The number of rotatable bonds is 8. The Labute approximate surface area is 211 Å². The Balaban J connectivity index is 1.48. The molecule has 2 saturated heterocycles. The fraction of sp³-hybridized carbons (Fsp3) is 0.522. The Hall–Kier alpha value is -2.18. The minimum absolute atomic E-state index is 0.0457. The lowest BCUT2D eigenvalue weighted by Crippen LogP contribution is -2.45. The second-order valence-corrected chi connectivity index (χ2v) is 11.1. The van der Waals surface area contributed by atoms with E-state index < -0.39 is 62.7 Å². The van der Waals surface area contributed by atoms with Gasteiger partial charge in [-0.25, -0.2) is 31.0 Å². The minimum Gasteiger partial charge on any atom is -0.370 e. The van der Waals surface area contributed by atoms with Crippen LogP contribution in [-0.2, 0) is 10.0 Å². The lowest BCUT2D eigenvalue weighted by molar-refractivity contribution is 0.0825. The number of alkyl halides is 2. The highest BCUT2D eigenvalue weighted by atomic mass is 35.5. The van der Waals surface area contributed by atoms with Crippen molar-refractivity contribution in [2.75, 3.05) is 49.2 Å². The summed E-state index contributed by atoms with van der Waals surface area (Å²) >= 11 is 6.18. The molecule has 13 heteroatoms. The number of hydrogen-bond donors (Lipinski definition) is 1. The van der Waals surface area contributed by atoms with E-state index in [4.69, 9.17) is 11.6 Å². The van der Waals surface area contributed by atoms with Gasteiger partial charge in [0, 0.05) is 19.2 Å². The van der Waals surface area contributed by atoms with E-state index in [1.807, 2.05) is 9.62 Å². The van der Waals surface area contributed by atoms with Gasteiger partial charge in [-0.1, -0.05) is 17.7 Å². The average Bonchev–Trinajstić information content (AvgIpc) is 3.32. The van der Waals surface area contributed by atoms with Gasteiger partial charge < -0.3 is 4.90 Å². The molecule has 1 N–H and O–H groups in total. The molecule has 2 fully saturated rings. The molecule has 0 unspecified atom stereocenters. The van der Waals surface area contributed by atoms with Gasteiger partial charge in [0.25, 0.3) is 10.0 Å². The minimum atomic E-state index is -4.79. The summed E-state index contributed by atoms with van der Waals surface area (Å²) in [5.41, 5.74) is 0.0457. The first-order valence-corrected chi connectivity index (χ1v) is 13.4. The molecular weight excluding hydrogens is 527 g/mol. The second-order valence-electron chi connectivity index (χ2n) is 9.12. The topological polar surface area (TPSA) is 65.5 Å². The van der Waals surface area contributed by atoms with Crippen LogP contribution >= 0.6 is 11.6 Å². The van der Waals surface area contributed by atoms with Gasteiger partial charge in [-0.05, 0) is 56.3 Å². The van der Waals surface area contributed by atoms with Crippen LogP contribution in [0.3, 0.4) is 0 Å². The maximum absolute atomic E-state index is 15.1. The number of halogens is 6. The fourth-order valence-corrected chi connectivity index (χ4v) is 6.55. The van der Waals surface area contributed by atoms with Crippen LogP contribution in [0.25, 0.3) is 0 Å². The molecule has 4 rings (SSSR count). The van der Waals surface area contributed by atoms with Crippen LogP contribution in [0.5, 0.6) is 0 Å². The van der Waals surface area contributed by atoms with Gasteiger partial charge in [0.2, 0.25) is 5.95 Å². The molecular formula is C23H26ClF5N4O2S. The third-order valence-electron chi connectivity index (χ3n) is 7.00. The third-order valence-corrected chi connectivity index (χ3v) is 8.75. The Morgan fingerprint density at radius 3 is 2.36 bits per heavy atom. The van der Waals surface area contributed by atoms with Crippen molar-refractivity contribution in [3.8, 4) is 0 Å². The van der Waals surface area contributed by atoms with Crippen LogP contribution in [0.15, 0.2) is 29.2 Å². The first kappa shape index (κ1) is 26.9. The Morgan fingerprint density at radius 2 is 1.72 bits per heavy atom. The monoisotopic (exact) mass is 552 g/mol. The van der Waals surface area contributed by atoms with Gasteiger partial charge >= 0.3 is 0 Å².